The topological polar surface area (TPSA) is 23.5 Å². The van der Waals surface area contributed by atoms with Gasteiger partial charge >= 0.3 is 0 Å². The predicted molar refractivity (Wildman–Crippen MR) is 78.5 cm³/mol. The molecule has 100 valence electrons. The third-order valence-corrected chi connectivity index (χ3v) is 4.72. The molecule has 3 heteroatoms. The molecule has 0 bridgehead atoms. The van der Waals surface area contributed by atoms with Crippen LogP contribution in [0.5, 0.6) is 5.75 Å². The number of rotatable bonds is 5. The van der Waals surface area contributed by atoms with E-state index in [1.807, 2.05) is 23.9 Å². The van der Waals surface area contributed by atoms with E-state index in [-0.39, 0.29) is 0 Å². The third-order valence-electron chi connectivity index (χ3n) is 3.48. The Hall–Kier alpha value is -0.670. The van der Waals surface area contributed by atoms with Gasteiger partial charge in [0.25, 0.3) is 0 Å². The van der Waals surface area contributed by atoms with Gasteiger partial charge in [0.2, 0.25) is 0 Å². The smallest absolute Gasteiger partial charge is 0.116 e. The van der Waals surface area contributed by atoms with E-state index >= 15 is 0 Å². The highest BCUT2D eigenvalue weighted by atomic mass is 32.2. The lowest BCUT2D eigenvalue weighted by atomic mass is 10.0. The van der Waals surface area contributed by atoms with Crippen LogP contribution in [0.2, 0.25) is 0 Å². The van der Waals surface area contributed by atoms with Crippen LogP contribution < -0.4 is 0 Å². The molecule has 1 aliphatic rings. The van der Waals surface area contributed by atoms with Crippen LogP contribution in [0, 0.1) is 0 Å². The third kappa shape index (κ3) is 3.21. The summed E-state index contributed by atoms with van der Waals surface area (Å²) in [4.78, 5) is 3.89. The Labute approximate surface area is 114 Å². The van der Waals surface area contributed by atoms with Crippen LogP contribution in [0.25, 0.3) is 0 Å². The SMILES string of the molecule is CCCN(CCC)C1CSc2cc(O)ccc2C1. The Morgan fingerprint density at radius 2 is 2.00 bits per heavy atom. The molecule has 0 radical (unpaired) electrons. The van der Waals surface area contributed by atoms with E-state index in [0.717, 1.165) is 12.2 Å². The largest absolute Gasteiger partial charge is 0.508 e. The van der Waals surface area contributed by atoms with E-state index in [9.17, 15) is 5.11 Å². The Kier molecular flexibility index (Phi) is 4.95. The average Bonchev–Trinajstić information content (AvgIpc) is 2.38. The van der Waals surface area contributed by atoms with Gasteiger partial charge in [-0.3, -0.25) is 4.90 Å². The molecule has 0 spiro atoms. The molecule has 0 aromatic heterocycles. The first-order chi connectivity index (χ1) is 8.74. The minimum absolute atomic E-state index is 0.388. The fraction of sp³-hybridized carbons (Fsp3) is 0.600. The van der Waals surface area contributed by atoms with Crippen LogP contribution >= 0.6 is 11.8 Å². The second-order valence-corrected chi connectivity index (χ2v) is 6.06. The van der Waals surface area contributed by atoms with Gasteiger partial charge in [-0.05, 0) is 50.0 Å². The molecular formula is C15H23NOS. The lowest BCUT2D eigenvalue weighted by Crippen LogP contribution is -2.41. The van der Waals surface area contributed by atoms with E-state index in [0.29, 0.717) is 11.8 Å². The standard InChI is InChI=1S/C15H23NOS/c1-3-7-16(8-4-2)13-9-12-5-6-14(17)10-15(12)18-11-13/h5-6,10,13,17H,3-4,7-9,11H2,1-2H3. The van der Waals surface area contributed by atoms with Gasteiger partial charge in [0.05, 0.1) is 0 Å². The van der Waals surface area contributed by atoms with Gasteiger partial charge in [0, 0.05) is 16.7 Å². The van der Waals surface area contributed by atoms with Crippen molar-refractivity contribution in [3.63, 3.8) is 0 Å². The molecule has 1 unspecified atom stereocenters. The predicted octanol–water partition coefficient (Wildman–Crippen LogP) is 3.53. The summed E-state index contributed by atoms with van der Waals surface area (Å²) in [5.41, 5.74) is 1.39. The van der Waals surface area contributed by atoms with Crippen molar-refractivity contribution in [2.45, 2.75) is 44.0 Å². The number of nitrogens with zero attached hydrogens (tertiary/aromatic N) is 1. The monoisotopic (exact) mass is 265 g/mol. The number of aromatic hydroxyl groups is 1. The van der Waals surface area contributed by atoms with E-state index in [1.54, 1.807) is 0 Å². The first-order valence-electron chi connectivity index (χ1n) is 6.93. The molecule has 1 aliphatic heterocycles. The highest BCUT2D eigenvalue weighted by Gasteiger charge is 2.23. The van der Waals surface area contributed by atoms with Gasteiger partial charge in [-0.2, -0.15) is 0 Å². The summed E-state index contributed by atoms with van der Waals surface area (Å²) in [6.07, 6.45) is 3.58. The summed E-state index contributed by atoms with van der Waals surface area (Å²) in [5, 5.41) is 9.51. The maximum absolute atomic E-state index is 9.51. The average molecular weight is 265 g/mol. The molecule has 0 aliphatic carbocycles. The summed E-state index contributed by atoms with van der Waals surface area (Å²) >= 11 is 1.89. The molecule has 1 aromatic rings. The number of hydrogen-bond donors (Lipinski definition) is 1. The summed E-state index contributed by atoms with van der Waals surface area (Å²) < 4.78 is 0. The zero-order valence-electron chi connectivity index (χ0n) is 11.4. The fourth-order valence-corrected chi connectivity index (χ4v) is 3.87. The van der Waals surface area contributed by atoms with Crippen molar-refractivity contribution in [2.24, 2.45) is 0 Å². The van der Waals surface area contributed by atoms with Gasteiger partial charge in [-0.1, -0.05) is 19.9 Å². The van der Waals surface area contributed by atoms with Gasteiger partial charge in [-0.25, -0.2) is 0 Å². The first-order valence-corrected chi connectivity index (χ1v) is 7.91. The summed E-state index contributed by atoms with van der Waals surface area (Å²) in [6, 6.07) is 6.46. The highest BCUT2D eigenvalue weighted by Crippen LogP contribution is 2.34. The molecule has 2 nitrogen and oxygen atoms in total. The van der Waals surface area contributed by atoms with Crippen LogP contribution in [0.4, 0.5) is 0 Å². The summed E-state index contributed by atoms with van der Waals surface area (Å²) in [7, 11) is 0. The highest BCUT2D eigenvalue weighted by molar-refractivity contribution is 7.99. The van der Waals surface area contributed by atoms with Gasteiger partial charge < -0.3 is 5.11 Å². The lowest BCUT2D eigenvalue weighted by molar-refractivity contribution is 0.209. The second kappa shape index (κ2) is 6.48. The molecule has 1 atom stereocenters. The maximum Gasteiger partial charge on any atom is 0.116 e. The molecule has 2 rings (SSSR count). The van der Waals surface area contributed by atoms with Crippen LogP contribution in [-0.4, -0.2) is 34.9 Å². The van der Waals surface area contributed by atoms with Gasteiger partial charge in [-0.15, -0.1) is 11.8 Å². The molecule has 0 saturated carbocycles. The molecule has 1 N–H and O–H groups in total. The molecule has 0 fully saturated rings. The molecule has 0 saturated heterocycles. The number of fused-ring (bicyclic) bond motifs is 1. The van der Waals surface area contributed by atoms with Crippen LogP contribution in [0.15, 0.2) is 23.1 Å². The van der Waals surface area contributed by atoms with E-state index in [4.69, 9.17) is 0 Å². The molecule has 1 aromatic carbocycles. The minimum Gasteiger partial charge on any atom is -0.508 e. The van der Waals surface area contributed by atoms with Crippen molar-refractivity contribution in [3.05, 3.63) is 23.8 Å². The van der Waals surface area contributed by atoms with Crippen molar-refractivity contribution in [3.8, 4) is 5.75 Å². The van der Waals surface area contributed by atoms with Crippen LogP contribution in [0.1, 0.15) is 32.3 Å². The fourth-order valence-electron chi connectivity index (χ4n) is 2.63. The Bertz CT molecular complexity index is 388. The van der Waals surface area contributed by atoms with E-state index in [2.05, 4.69) is 24.8 Å². The second-order valence-electron chi connectivity index (χ2n) is 5.00. The van der Waals surface area contributed by atoms with Crippen LogP contribution in [0.3, 0.4) is 0 Å². The first kappa shape index (κ1) is 13.8. The Morgan fingerprint density at radius 3 is 2.67 bits per heavy atom. The van der Waals surface area contributed by atoms with Crippen molar-refractivity contribution in [1.29, 1.82) is 0 Å². The van der Waals surface area contributed by atoms with Gasteiger partial charge in [0.1, 0.15) is 5.75 Å². The van der Waals surface area contributed by atoms with Gasteiger partial charge in [0.15, 0.2) is 0 Å². The quantitative estimate of drug-likeness (QED) is 0.881. The normalized spacial score (nSPS) is 18.9. The molecular weight excluding hydrogens is 242 g/mol. The van der Waals surface area contributed by atoms with Crippen molar-refractivity contribution >= 4 is 11.8 Å². The lowest BCUT2D eigenvalue weighted by Gasteiger charge is -2.34. The zero-order valence-corrected chi connectivity index (χ0v) is 12.2. The molecule has 1 heterocycles. The van der Waals surface area contributed by atoms with Crippen molar-refractivity contribution in [2.75, 3.05) is 18.8 Å². The summed E-state index contributed by atoms with van der Waals surface area (Å²) in [5.74, 6) is 1.54. The maximum atomic E-state index is 9.51. The molecule has 18 heavy (non-hydrogen) atoms. The Morgan fingerprint density at radius 1 is 1.28 bits per heavy atom. The number of hydrogen-bond acceptors (Lipinski definition) is 3. The minimum atomic E-state index is 0.388. The van der Waals surface area contributed by atoms with Crippen molar-refractivity contribution < 1.29 is 5.11 Å². The summed E-state index contributed by atoms with van der Waals surface area (Å²) in [6.45, 7) is 6.91. The number of phenols is 1. The van der Waals surface area contributed by atoms with Crippen LogP contribution in [-0.2, 0) is 6.42 Å². The zero-order chi connectivity index (χ0) is 13.0. The van der Waals surface area contributed by atoms with E-state index in [1.165, 1.54) is 36.4 Å². The van der Waals surface area contributed by atoms with E-state index < -0.39 is 0 Å². The molecule has 0 amide bonds. The number of thioether (sulfide) groups is 1. The number of phenolic OH excluding ortho intramolecular Hbond substituents is 1. The van der Waals surface area contributed by atoms with Crippen molar-refractivity contribution in [1.82, 2.24) is 4.90 Å². The Balaban J connectivity index is 2.07. The number of benzene rings is 1.